The Morgan fingerprint density at radius 3 is 2.03 bits per heavy atom. The van der Waals surface area contributed by atoms with Crippen molar-refractivity contribution in [1.82, 2.24) is 0 Å². The molecule has 2 atom stereocenters. The van der Waals surface area contributed by atoms with E-state index in [2.05, 4.69) is 104 Å². The lowest BCUT2D eigenvalue weighted by Crippen LogP contribution is -2.40. The van der Waals surface area contributed by atoms with E-state index in [1.165, 1.54) is 22.1 Å². The van der Waals surface area contributed by atoms with Gasteiger partial charge in [0.25, 0.3) is 0 Å². The summed E-state index contributed by atoms with van der Waals surface area (Å²) in [5.74, 6) is 0.473. The van der Waals surface area contributed by atoms with Crippen LogP contribution < -0.4 is 10.2 Å². The highest BCUT2D eigenvalue weighted by Gasteiger charge is 2.33. The molecule has 0 fully saturated rings. The highest BCUT2D eigenvalue weighted by Crippen LogP contribution is 2.51. The number of aryl methyl sites for hydroxylation is 2. The van der Waals surface area contributed by atoms with Gasteiger partial charge in [0.1, 0.15) is 5.75 Å². The highest BCUT2D eigenvalue weighted by molar-refractivity contribution is 7.49. The van der Waals surface area contributed by atoms with E-state index >= 15 is 0 Å². The molecule has 0 aliphatic rings. The van der Waals surface area contributed by atoms with Crippen LogP contribution in [0.15, 0.2) is 30.3 Å². The van der Waals surface area contributed by atoms with E-state index in [1.54, 1.807) is 0 Å². The normalized spacial score (nSPS) is 14.5. The van der Waals surface area contributed by atoms with E-state index in [-0.39, 0.29) is 10.6 Å². The van der Waals surface area contributed by atoms with E-state index in [0.29, 0.717) is 26.4 Å². The molecule has 2 rings (SSSR count). The van der Waals surface area contributed by atoms with Gasteiger partial charge < -0.3 is 10.0 Å². The van der Waals surface area contributed by atoms with Crippen LogP contribution >= 0.6 is 8.58 Å². The maximum atomic E-state index is 11.2. The minimum absolute atomic E-state index is 0.0450. The van der Waals surface area contributed by atoms with Crippen molar-refractivity contribution in [2.24, 2.45) is 0 Å². The molecule has 0 aromatic heterocycles. The third-order valence-electron chi connectivity index (χ3n) is 6.55. The second-order valence-electron chi connectivity index (χ2n) is 11.2. The van der Waals surface area contributed by atoms with E-state index in [4.69, 9.17) is 0 Å². The summed E-state index contributed by atoms with van der Waals surface area (Å²) in [6.45, 7) is 24.8. The molecule has 2 nitrogen and oxygen atoms in total. The first-order valence-corrected chi connectivity index (χ1v) is 13.2. The van der Waals surface area contributed by atoms with Crippen LogP contribution in [0.4, 0.5) is 5.69 Å². The van der Waals surface area contributed by atoms with Crippen LogP contribution in [0.25, 0.3) is 0 Å². The zero-order valence-electron chi connectivity index (χ0n) is 22.4. The molecule has 2 aromatic rings. The quantitative estimate of drug-likeness (QED) is 0.408. The monoisotopic (exact) mass is 455 g/mol. The molecule has 3 heteroatoms. The van der Waals surface area contributed by atoms with Gasteiger partial charge in [-0.15, -0.1) is 0 Å². The Kier molecular flexibility index (Phi) is 8.49. The number of aromatic hydroxyl groups is 1. The number of benzene rings is 2. The Bertz CT molecular complexity index is 917. The van der Waals surface area contributed by atoms with Crippen molar-refractivity contribution in [1.29, 1.82) is 0 Å². The first-order valence-electron chi connectivity index (χ1n) is 12.2. The zero-order chi connectivity index (χ0) is 24.4. The van der Waals surface area contributed by atoms with Crippen molar-refractivity contribution in [2.75, 3.05) is 4.90 Å². The molecule has 0 saturated heterocycles. The number of rotatable bonds is 8. The predicted octanol–water partition coefficient (Wildman–Crippen LogP) is 7.95. The minimum Gasteiger partial charge on any atom is -0.507 e. The lowest BCUT2D eigenvalue weighted by atomic mass is 9.82. The lowest BCUT2D eigenvalue weighted by Gasteiger charge is -2.38. The number of anilines is 1. The molecule has 1 N–H and O–H groups in total. The van der Waals surface area contributed by atoms with Gasteiger partial charge >= 0.3 is 0 Å². The second kappa shape index (κ2) is 10.2. The number of hydrogen-bond acceptors (Lipinski definition) is 2. The standard InChI is InChI=1S/C29H46NOP/c1-12-16-29(11,24-18-23(28(8,9)10)17-22(7)26(24)31)32-27-21(6)14-13-15-25(27)30(19(2)3)20(4)5/h13-15,17-20,31-32H,12,16H2,1-11H3. The topological polar surface area (TPSA) is 23.5 Å². The molecule has 0 saturated carbocycles. The van der Waals surface area contributed by atoms with Gasteiger partial charge in [-0.1, -0.05) is 73.9 Å². The molecule has 2 unspecified atom stereocenters. The molecule has 2 aromatic carbocycles. The van der Waals surface area contributed by atoms with Gasteiger partial charge in [-0.3, -0.25) is 0 Å². The Morgan fingerprint density at radius 1 is 0.938 bits per heavy atom. The molecule has 178 valence electrons. The number of hydrogen-bond donors (Lipinski definition) is 1. The number of phenols is 1. The molecule has 0 spiro atoms. The Hall–Kier alpha value is -1.53. The van der Waals surface area contributed by atoms with Crippen LogP contribution in [0, 0.1) is 13.8 Å². The summed E-state index contributed by atoms with van der Waals surface area (Å²) >= 11 is 0. The maximum absolute atomic E-state index is 11.2. The van der Waals surface area contributed by atoms with Crippen LogP contribution in [0.1, 0.15) is 97.4 Å². The van der Waals surface area contributed by atoms with Crippen molar-refractivity contribution >= 4 is 19.6 Å². The summed E-state index contributed by atoms with van der Waals surface area (Å²) in [4.78, 5) is 2.54. The summed E-state index contributed by atoms with van der Waals surface area (Å²) in [7, 11) is 0.580. The first kappa shape index (κ1) is 26.7. The van der Waals surface area contributed by atoms with Crippen LogP contribution in [-0.4, -0.2) is 17.2 Å². The predicted molar refractivity (Wildman–Crippen MR) is 146 cm³/mol. The second-order valence-corrected chi connectivity index (χ2v) is 13.1. The van der Waals surface area contributed by atoms with Crippen molar-refractivity contribution in [3.63, 3.8) is 0 Å². The highest BCUT2D eigenvalue weighted by atomic mass is 31.1. The van der Waals surface area contributed by atoms with Crippen LogP contribution in [0.3, 0.4) is 0 Å². The Labute approximate surface area is 199 Å². The molecule has 0 amide bonds. The van der Waals surface area contributed by atoms with Gasteiger partial charge in [0.15, 0.2) is 0 Å². The van der Waals surface area contributed by atoms with Gasteiger partial charge in [0.05, 0.1) is 0 Å². The fourth-order valence-corrected chi connectivity index (χ4v) is 6.73. The SMILES string of the molecule is CCCC(C)(Pc1c(C)cccc1N(C(C)C)C(C)C)c1cc(C(C)(C)C)cc(C)c1O. The van der Waals surface area contributed by atoms with Crippen molar-refractivity contribution < 1.29 is 5.11 Å². The molecule has 0 heterocycles. The molecular weight excluding hydrogens is 409 g/mol. The average molecular weight is 456 g/mol. The molecule has 0 aliphatic heterocycles. The smallest absolute Gasteiger partial charge is 0.122 e. The van der Waals surface area contributed by atoms with E-state index in [1.807, 2.05) is 6.92 Å². The summed E-state index contributed by atoms with van der Waals surface area (Å²) in [5.41, 5.74) is 6.12. The van der Waals surface area contributed by atoms with Crippen molar-refractivity contribution in [3.8, 4) is 5.75 Å². The summed E-state index contributed by atoms with van der Waals surface area (Å²) in [6, 6.07) is 12.0. The van der Waals surface area contributed by atoms with Crippen molar-refractivity contribution in [2.45, 2.75) is 112 Å². The van der Waals surface area contributed by atoms with E-state index < -0.39 is 0 Å². The lowest BCUT2D eigenvalue weighted by molar-refractivity contribution is 0.447. The van der Waals surface area contributed by atoms with Gasteiger partial charge in [-0.25, -0.2) is 0 Å². The van der Waals surface area contributed by atoms with Crippen molar-refractivity contribution in [3.05, 3.63) is 52.6 Å². The van der Waals surface area contributed by atoms with Gasteiger partial charge in [0, 0.05) is 28.5 Å². The third-order valence-corrected chi connectivity index (χ3v) is 8.53. The summed E-state index contributed by atoms with van der Waals surface area (Å²) in [5, 5.41) is 12.6. The Morgan fingerprint density at radius 2 is 1.53 bits per heavy atom. The van der Waals surface area contributed by atoms with Crippen LogP contribution in [0.5, 0.6) is 5.75 Å². The summed E-state index contributed by atoms with van der Waals surface area (Å²) in [6.07, 6.45) is 2.13. The fourth-order valence-electron chi connectivity index (χ4n) is 4.86. The maximum Gasteiger partial charge on any atom is 0.122 e. The summed E-state index contributed by atoms with van der Waals surface area (Å²) < 4.78 is 0. The fraction of sp³-hybridized carbons (Fsp3) is 0.586. The van der Waals surface area contributed by atoms with E-state index in [9.17, 15) is 5.11 Å². The van der Waals surface area contributed by atoms with Gasteiger partial charge in [-0.2, -0.15) is 0 Å². The molecular formula is C29H46NOP. The first-order chi connectivity index (χ1) is 14.7. The number of nitrogens with zero attached hydrogens (tertiary/aromatic N) is 1. The Balaban J connectivity index is 2.72. The van der Waals surface area contributed by atoms with Gasteiger partial charge in [-0.05, 0) is 81.4 Å². The molecule has 0 aliphatic carbocycles. The van der Waals surface area contributed by atoms with Crippen LogP contribution in [0.2, 0.25) is 0 Å². The van der Waals surface area contributed by atoms with Gasteiger partial charge in [0.2, 0.25) is 0 Å². The molecule has 0 bridgehead atoms. The zero-order valence-corrected chi connectivity index (χ0v) is 23.4. The van der Waals surface area contributed by atoms with E-state index in [0.717, 1.165) is 24.0 Å². The number of phenolic OH excluding ortho intramolecular Hbond substituents is 1. The average Bonchev–Trinajstić information content (AvgIpc) is 2.65. The largest absolute Gasteiger partial charge is 0.507 e. The molecule has 32 heavy (non-hydrogen) atoms. The minimum atomic E-state index is -0.120. The third kappa shape index (κ3) is 5.69. The molecule has 0 radical (unpaired) electrons. The van der Waals surface area contributed by atoms with Crippen LogP contribution in [-0.2, 0) is 10.6 Å².